The summed E-state index contributed by atoms with van der Waals surface area (Å²) in [5.74, 6) is -0.355. The molecule has 0 fully saturated rings. The maximum Gasteiger partial charge on any atom is 0.126 e. The average molecular weight is 182 g/mol. The van der Waals surface area contributed by atoms with E-state index in [0.717, 1.165) is 5.39 Å². The highest BCUT2D eigenvalue weighted by molar-refractivity contribution is 6.35. The summed E-state index contributed by atoms with van der Waals surface area (Å²) >= 11 is 5.78. The lowest BCUT2D eigenvalue weighted by atomic mass is 10.2. The van der Waals surface area contributed by atoms with E-state index in [1.165, 1.54) is 12.1 Å². The number of pyridine rings is 1. The molecular formula is C9H5ClFN. The Labute approximate surface area is 73.8 Å². The number of halogens is 2. The van der Waals surface area contributed by atoms with Crippen molar-refractivity contribution >= 4 is 22.5 Å². The lowest BCUT2D eigenvalue weighted by Gasteiger charge is -1.98. The fraction of sp³-hybridized carbons (Fsp3) is 0. The smallest absolute Gasteiger partial charge is 0.126 e. The van der Waals surface area contributed by atoms with Gasteiger partial charge in [-0.05, 0) is 18.2 Å². The van der Waals surface area contributed by atoms with E-state index in [2.05, 4.69) is 4.98 Å². The second-order valence-electron chi connectivity index (χ2n) is 2.46. The predicted octanol–water partition coefficient (Wildman–Crippen LogP) is 3.03. The normalized spacial score (nSPS) is 10.5. The molecule has 1 aromatic carbocycles. The molecule has 0 aliphatic carbocycles. The van der Waals surface area contributed by atoms with Crippen LogP contribution in [0, 0.1) is 5.82 Å². The summed E-state index contributed by atoms with van der Waals surface area (Å²) in [7, 11) is 0. The molecule has 0 N–H and O–H groups in total. The van der Waals surface area contributed by atoms with Crippen molar-refractivity contribution in [2.45, 2.75) is 0 Å². The Hall–Kier alpha value is -1.15. The summed E-state index contributed by atoms with van der Waals surface area (Å²) < 4.78 is 12.8. The van der Waals surface area contributed by atoms with Gasteiger partial charge < -0.3 is 0 Å². The van der Waals surface area contributed by atoms with E-state index in [-0.39, 0.29) is 5.82 Å². The van der Waals surface area contributed by atoms with Crippen LogP contribution in [0.5, 0.6) is 0 Å². The van der Waals surface area contributed by atoms with Crippen LogP contribution in [0.3, 0.4) is 0 Å². The minimum Gasteiger partial charge on any atom is -0.256 e. The van der Waals surface area contributed by atoms with Crippen LogP contribution < -0.4 is 0 Å². The van der Waals surface area contributed by atoms with Crippen LogP contribution in [-0.4, -0.2) is 4.98 Å². The van der Waals surface area contributed by atoms with Gasteiger partial charge in [0.1, 0.15) is 5.82 Å². The topological polar surface area (TPSA) is 12.9 Å². The molecule has 0 aliphatic heterocycles. The third-order valence-corrected chi connectivity index (χ3v) is 1.95. The maximum atomic E-state index is 12.8. The number of benzene rings is 1. The van der Waals surface area contributed by atoms with Crippen molar-refractivity contribution in [1.82, 2.24) is 4.98 Å². The van der Waals surface area contributed by atoms with Crippen molar-refractivity contribution in [3.63, 3.8) is 0 Å². The highest BCUT2D eigenvalue weighted by atomic mass is 35.5. The molecular weight excluding hydrogens is 177 g/mol. The molecule has 12 heavy (non-hydrogen) atoms. The first-order valence-electron chi connectivity index (χ1n) is 3.47. The Morgan fingerprint density at radius 2 is 2.17 bits per heavy atom. The first-order chi connectivity index (χ1) is 5.77. The fourth-order valence-electron chi connectivity index (χ4n) is 1.11. The second kappa shape index (κ2) is 2.72. The minimum atomic E-state index is -0.355. The molecule has 2 aromatic rings. The SMILES string of the molecule is Fc1cc(Cl)c2cccnc2c1. The zero-order valence-electron chi connectivity index (χ0n) is 6.09. The summed E-state index contributed by atoms with van der Waals surface area (Å²) in [5, 5.41) is 1.18. The second-order valence-corrected chi connectivity index (χ2v) is 2.86. The zero-order valence-corrected chi connectivity index (χ0v) is 6.85. The molecule has 0 spiro atoms. The Morgan fingerprint density at radius 3 is 3.00 bits per heavy atom. The van der Waals surface area contributed by atoms with Gasteiger partial charge in [-0.1, -0.05) is 11.6 Å². The lowest BCUT2D eigenvalue weighted by molar-refractivity contribution is 0.629. The summed E-state index contributed by atoms with van der Waals surface area (Å²) in [6, 6.07) is 6.23. The summed E-state index contributed by atoms with van der Waals surface area (Å²) in [6.45, 7) is 0. The Balaban J connectivity index is 2.89. The number of nitrogens with zero attached hydrogens (tertiary/aromatic N) is 1. The quantitative estimate of drug-likeness (QED) is 0.609. The van der Waals surface area contributed by atoms with Crippen LogP contribution >= 0.6 is 11.6 Å². The number of hydrogen-bond acceptors (Lipinski definition) is 1. The van der Waals surface area contributed by atoms with E-state index < -0.39 is 0 Å². The molecule has 0 saturated heterocycles. The van der Waals surface area contributed by atoms with Crippen LogP contribution in [0.2, 0.25) is 5.02 Å². The van der Waals surface area contributed by atoms with E-state index in [0.29, 0.717) is 10.5 Å². The number of fused-ring (bicyclic) bond motifs is 1. The van der Waals surface area contributed by atoms with E-state index in [1.54, 1.807) is 12.3 Å². The monoisotopic (exact) mass is 181 g/mol. The first-order valence-corrected chi connectivity index (χ1v) is 3.85. The van der Waals surface area contributed by atoms with Crippen LogP contribution in [0.4, 0.5) is 4.39 Å². The first kappa shape index (κ1) is 7.50. The minimum absolute atomic E-state index is 0.355. The molecule has 0 amide bonds. The molecule has 1 aromatic heterocycles. The van der Waals surface area contributed by atoms with Crippen LogP contribution in [0.15, 0.2) is 30.5 Å². The molecule has 0 atom stereocenters. The Bertz CT molecular complexity index is 428. The van der Waals surface area contributed by atoms with Crippen LogP contribution in [0.1, 0.15) is 0 Å². The summed E-state index contributed by atoms with van der Waals surface area (Å²) in [6.07, 6.45) is 1.61. The standard InChI is InChI=1S/C9H5ClFN/c10-8-4-6(11)5-9-7(8)2-1-3-12-9/h1-5H. The van der Waals surface area contributed by atoms with E-state index >= 15 is 0 Å². The molecule has 1 nitrogen and oxygen atoms in total. The molecule has 0 bridgehead atoms. The molecule has 0 unspecified atom stereocenters. The molecule has 0 aliphatic rings. The van der Waals surface area contributed by atoms with Crippen molar-refractivity contribution in [3.8, 4) is 0 Å². The number of aromatic nitrogens is 1. The molecule has 60 valence electrons. The van der Waals surface area contributed by atoms with Gasteiger partial charge in [-0.3, -0.25) is 4.98 Å². The molecule has 2 rings (SSSR count). The van der Waals surface area contributed by atoms with Gasteiger partial charge in [-0.15, -0.1) is 0 Å². The van der Waals surface area contributed by atoms with Crippen molar-refractivity contribution in [2.24, 2.45) is 0 Å². The fourth-order valence-corrected chi connectivity index (χ4v) is 1.37. The van der Waals surface area contributed by atoms with Crippen molar-refractivity contribution in [2.75, 3.05) is 0 Å². The van der Waals surface area contributed by atoms with Crippen LogP contribution in [0.25, 0.3) is 10.9 Å². The van der Waals surface area contributed by atoms with Gasteiger partial charge in [0.15, 0.2) is 0 Å². The maximum absolute atomic E-state index is 12.8. The average Bonchev–Trinajstić information content (AvgIpc) is 2.04. The van der Waals surface area contributed by atoms with Crippen LogP contribution in [-0.2, 0) is 0 Å². The lowest BCUT2D eigenvalue weighted by Crippen LogP contribution is -1.81. The third kappa shape index (κ3) is 1.14. The van der Waals surface area contributed by atoms with Gasteiger partial charge in [0.25, 0.3) is 0 Å². The Morgan fingerprint density at radius 1 is 1.33 bits per heavy atom. The zero-order chi connectivity index (χ0) is 8.55. The predicted molar refractivity (Wildman–Crippen MR) is 46.7 cm³/mol. The Kier molecular flexibility index (Phi) is 1.70. The molecule has 1 heterocycles. The summed E-state index contributed by atoms with van der Waals surface area (Å²) in [4.78, 5) is 3.98. The number of rotatable bonds is 0. The molecule has 0 radical (unpaired) electrons. The molecule has 0 saturated carbocycles. The van der Waals surface area contributed by atoms with E-state index in [1.807, 2.05) is 6.07 Å². The van der Waals surface area contributed by atoms with Gasteiger partial charge in [0.2, 0.25) is 0 Å². The van der Waals surface area contributed by atoms with E-state index in [4.69, 9.17) is 11.6 Å². The summed E-state index contributed by atoms with van der Waals surface area (Å²) in [5.41, 5.74) is 0.586. The largest absolute Gasteiger partial charge is 0.256 e. The van der Waals surface area contributed by atoms with Gasteiger partial charge >= 0.3 is 0 Å². The van der Waals surface area contributed by atoms with Gasteiger partial charge in [-0.2, -0.15) is 0 Å². The number of hydrogen-bond donors (Lipinski definition) is 0. The van der Waals surface area contributed by atoms with Crippen molar-refractivity contribution in [3.05, 3.63) is 41.3 Å². The van der Waals surface area contributed by atoms with Crippen molar-refractivity contribution < 1.29 is 4.39 Å². The highest BCUT2D eigenvalue weighted by Gasteiger charge is 2.01. The third-order valence-electron chi connectivity index (χ3n) is 1.64. The molecule has 3 heteroatoms. The van der Waals surface area contributed by atoms with Gasteiger partial charge in [0.05, 0.1) is 10.5 Å². The highest BCUT2D eigenvalue weighted by Crippen LogP contribution is 2.22. The van der Waals surface area contributed by atoms with Crippen molar-refractivity contribution in [1.29, 1.82) is 0 Å². The van der Waals surface area contributed by atoms with E-state index in [9.17, 15) is 4.39 Å². The van der Waals surface area contributed by atoms with Gasteiger partial charge in [-0.25, -0.2) is 4.39 Å². The van der Waals surface area contributed by atoms with Gasteiger partial charge in [0, 0.05) is 17.6 Å².